The summed E-state index contributed by atoms with van der Waals surface area (Å²) in [5.41, 5.74) is 2.19. The van der Waals surface area contributed by atoms with E-state index in [0.29, 0.717) is 17.4 Å². The SMILES string of the molecule is CCOC(=O)c1csc(-n2ccc3cc(Nc4nc5ccccc5s4)ncc32)n1. The lowest BCUT2D eigenvalue weighted by Gasteiger charge is -2.03. The number of carbonyl (C=O) groups is 1. The van der Waals surface area contributed by atoms with Gasteiger partial charge in [0.05, 0.1) is 28.5 Å². The van der Waals surface area contributed by atoms with Gasteiger partial charge in [0.25, 0.3) is 0 Å². The van der Waals surface area contributed by atoms with Crippen molar-refractivity contribution in [3.05, 3.63) is 59.9 Å². The first-order valence-corrected chi connectivity index (χ1v) is 10.6. The maximum Gasteiger partial charge on any atom is 0.357 e. The van der Waals surface area contributed by atoms with E-state index in [0.717, 1.165) is 32.1 Å². The molecule has 144 valence electrons. The molecule has 4 heterocycles. The van der Waals surface area contributed by atoms with Crippen molar-refractivity contribution in [1.82, 2.24) is 19.5 Å². The molecule has 0 unspecified atom stereocenters. The van der Waals surface area contributed by atoms with Gasteiger partial charge in [0.15, 0.2) is 16.0 Å². The van der Waals surface area contributed by atoms with Crippen LogP contribution in [0.5, 0.6) is 0 Å². The van der Waals surface area contributed by atoms with Crippen LogP contribution in [-0.2, 0) is 4.74 Å². The molecule has 0 amide bonds. The highest BCUT2D eigenvalue weighted by molar-refractivity contribution is 7.22. The summed E-state index contributed by atoms with van der Waals surface area (Å²) in [6.07, 6.45) is 3.71. The van der Waals surface area contributed by atoms with Gasteiger partial charge < -0.3 is 10.1 Å². The number of pyridine rings is 1. The van der Waals surface area contributed by atoms with Crippen LogP contribution >= 0.6 is 22.7 Å². The lowest BCUT2D eigenvalue weighted by Crippen LogP contribution is -2.05. The third-order valence-electron chi connectivity index (χ3n) is 4.29. The van der Waals surface area contributed by atoms with Crippen LogP contribution in [0.25, 0.3) is 26.3 Å². The van der Waals surface area contributed by atoms with E-state index < -0.39 is 5.97 Å². The summed E-state index contributed by atoms with van der Waals surface area (Å²) < 4.78 is 8.05. The first-order chi connectivity index (χ1) is 14.2. The predicted octanol–water partition coefficient (Wildman–Crippen LogP) is 5.01. The summed E-state index contributed by atoms with van der Waals surface area (Å²) in [5.74, 6) is 0.313. The van der Waals surface area contributed by atoms with Crippen molar-refractivity contribution < 1.29 is 9.53 Å². The average Bonchev–Trinajstić information content (AvgIpc) is 3.45. The molecule has 29 heavy (non-hydrogen) atoms. The number of aromatic nitrogens is 4. The Kier molecular flexibility index (Phi) is 4.45. The summed E-state index contributed by atoms with van der Waals surface area (Å²) >= 11 is 2.97. The van der Waals surface area contributed by atoms with Crippen LogP contribution in [-0.4, -0.2) is 32.1 Å². The molecule has 0 saturated heterocycles. The number of para-hydroxylation sites is 1. The fourth-order valence-corrected chi connectivity index (χ4v) is 4.64. The van der Waals surface area contributed by atoms with Crippen LogP contribution < -0.4 is 5.32 Å². The van der Waals surface area contributed by atoms with E-state index >= 15 is 0 Å². The van der Waals surface area contributed by atoms with Crippen molar-refractivity contribution in [3.63, 3.8) is 0 Å². The number of fused-ring (bicyclic) bond motifs is 2. The number of anilines is 2. The highest BCUT2D eigenvalue weighted by atomic mass is 32.1. The van der Waals surface area contributed by atoms with Crippen LogP contribution in [0.4, 0.5) is 10.9 Å². The maximum absolute atomic E-state index is 11.9. The van der Waals surface area contributed by atoms with E-state index in [1.807, 2.05) is 47.2 Å². The van der Waals surface area contributed by atoms with Crippen molar-refractivity contribution in [2.24, 2.45) is 0 Å². The lowest BCUT2D eigenvalue weighted by atomic mass is 10.3. The molecule has 5 rings (SSSR count). The standard InChI is InChI=1S/C20H15N5O2S2/c1-2-27-18(26)14-11-28-20(23-14)25-8-7-12-9-17(21-10-15(12)25)24-19-22-13-5-3-4-6-16(13)29-19/h3-11H,2H2,1H3,(H,21,22,24). The summed E-state index contributed by atoms with van der Waals surface area (Å²) in [6, 6.07) is 12.0. The van der Waals surface area contributed by atoms with Crippen LogP contribution in [0.1, 0.15) is 17.4 Å². The molecular weight excluding hydrogens is 406 g/mol. The number of esters is 1. The van der Waals surface area contributed by atoms with Gasteiger partial charge in [-0.15, -0.1) is 11.3 Å². The monoisotopic (exact) mass is 421 g/mol. The Balaban J connectivity index is 1.43. The van der Waals surface area contributed by atoms with E-state index in [2.05, 4.69) is 20.3 Å². The first-order valence-electron chi connectivity index (χ1n) is 8.94. The van der Waals surface area contributed by atoms with E-state index in [9.17, 15) is 4.79 Å². The normalized spacial score (nSPS) is 11.2. The number of hydrogen-bond donors (Lipinski definition) is 1. The molecule has 0 fully saturated rings. The number of thiazole rings is 2. The van der Waals surface area contributed by atoms with Crippen molar-refractivity contribution in [3.8, 4) is 5.13 Å². The Bertz CT molecular complexity index is 1300. The summed E-state index contributed by atoms with van der Waals surface area (Å²) in [5, 5.41) is 7.49. The van der Waals surface area contributed by atoms with Gasteiger partial charge in [-0.2, -0.15) is 0 Å². The number of nitrogens with zero attached hydrogens (tertiary/aromatic N) is 4. The van der Waals surface area contributed by atoms with Gasteiger partial charge in [-0.1, -0.05) is 23.5 Å². The number of benzene rings is 1. The predicted molar refractivity (Wildman–Crippen MR) is 116 cm³/mol. The van der Waals surface area contributed by atoms with Crippen LogP contribution in [0.3, 0.4) is 0 Å². The molecular formula is C20H15N5O2S2. The second-order valence-corrected chi connectivity index (χ2v) is 8.03. The first kappa shape index (κ1) is 17.8. The van der Waals surface area contributed by atoms with Crippen LogP contribution in [0, 0.1) is 0 Å². The van der Waals surface area contributed by atoms with E-state index in [4.69, 9.17) is 4.74 Å². The van der Waals surface area contributed by atoms with Gasteiger partial charge in [-0.05, 0) is 31.2 Å². The van der Waals surface area contributed by atoms with Gasteiger partial charge in [-0.3, -0.25) is 4.57 Å². The maximum atomic E-state index is 11.9. The number of nitrogens with one attached hydrogen (secondary N) is 1. The third kappa shape index (κ3) is 3.34. The summed E-state index contributed by atoms with van der Waals surface area (Å²) in [7, 11) is 0. The average molecular weight is 422 g/mol. The molecule has 1 N–H and O–H groups in total. The molecule has 7 nitrogen and oxygen atoms in total. The minimum atomic E-state index is -0.410. The van der Waals surface area contributed by atoms with Gasteiger partial charge in [-0.25, -0.2) is 19.7 Å². The molecule has 1 aromatic carbocycles. The zero-order chi connectivity index (χ0) is 19.8. The molecule has 0 saturated carbocycles. The second-order valence-electron chi connectivity index (χ2n) is 6.16. The van der Waals surface area contributed by atoms with Gasteiger partial charge in [0.2, 0.25) is 0 Å². The fourth-order valence-electron chi connectivity index (χ4n) is 2.98. The van der Waals surface area contributed by atoms with Crippen LogP contribution in [0.15, 0.2) is 54.2 Å². The van der Waals surface area contributed by atoms with Gasteiger partial charge in [0, 0.05) is 17.0 Å². The molecule has 0 aliphatic carbocycles. The van der Waals surface area contributed by atoms with Gasteiger partial charge >= 0.3 is 5.97 Å². The molecule has 0 aliphatic heterocycles. The Labute approximate surface area is 173 Å². The quantitative estimate of drug-likeness (QED) is 0.402. The second kappa shape index (κ2) is 7.26. The highest BCUT2D eigenvalue weighted by Crippen LogP contribution is 2.29. The third-order valence-corrected chi connectivity index (χ3v) is 6.08. The lowest BCUT2D eigenvalue weighted by molar-refractivity contribution is 0.0520. The molecule has 4 aromatic heterocycles. The van der Waals surface area contributed by atoms with Crippen molar-refractivity contribution in [2.75, 3.05) is 11.9 Å². The number of carbonyl (C=O) groups excluding carboxylic acids is 1. The zero-order valence-electron chi connectivity index (χ0n) is 15.3. The summed E-state index contributed by atoms with van der Waals surface area (Å²) in [4.78, 5) is 25.4. The molecule has 0 radical (unpaired) electrons. The topological polar surface area (TPSA) is 81.9 Å². The number of hydrogen-bond acceptors (Lipinski definition) is 8. The Hall–Kier alpha value is -3.30. The van der Waals surface area contributed by atoms with Crippen molar-refractivity contribution in [2.45, 2.75) is 6.92 Å². The number of ether oxygens (including phenoxy) is 1. The molecule has 9 heteroatoms. The molecule has 0 spiro atoms. The molecule has 5 aromatic rings. The number of rotatable bonds is 5. The fraction of sp³-hybridized carbons (Fsp3) is 0.100. The molecule has 0 atom stereocenters. The molecule has 0 bridgehead atoms. The van der Waals surface area contributed by atoms with Gasteiger partial charge in [0.1, 0.15) is 5.82 Å². The largest absolute Gasteiger partial charge is 0.461 e. The minimum absolute atomic E-state index is 0.316. The van der Waals surface area contributed by atoms with E-state index in [1.54, 1.807) is 29.8 Å². The van der Waals surface area contributed by atoms with Crippen molar-refractivity contribution >= 4 is 60.7 Å². The van der Waals surface area contributed by atoms with E-state index in [-0.39, 0.29) is 0 Å². The minimum Gasteiger partial charge on any atom is -0.461 e. The Morgan fingerprint density at radius 3 is 3.00 bits per heavy atom. The van der Waals surface area contributed by atoms with E-state index in [1.165, 1.54) is 11.3 Å². The highest BCUT2D eigenvalue weighted by Gasteiger charge is 2.14. The van der Waals surface area contributed by atoms with Crippen LogP contribution in [0.2, 0.25) is 0 Å². The summed E-state index contributed by atoms with van der Waals surface area (Å²) in [6.45, 7) is 2.10. The smallest absolute Gasteiger partial charge is 0.357 e. The Morgan fingerprint density at radius 1 is 1.24 bits per heavy atom. The zero-order valence-corrected chi connectivity index (χ0v) is 17.0. The van der Waals surface area contributed by atoms with Crippen molar-refractivity contribution in [1.29, 1.82) is 0 Å². The Morgan fingerprint density at radius 2 is 2.14 bits per heavy atom. The molecule has 0 aliphatic rings.